The third-order valence-electron chi connectivity index (χ3n) is 6.90. The van der Waals surface area contributed by atoms with Crippen molar-refractivity contribution in [3.05, 3.63) is 113 Å². The average Bonchev–Trinajstić information content (AvgIpc) is 3.73. The van der Waals surface area contributed by atoms with E-state index in [4.69, 9.17) is 9.15 Å². The topological polar surface area (TPSA) is 106 Å². The number of aliphatic hydroxyl groups is 1. The Morgan fingerprint density at radius 2 is 1.88 bits per heavy atom. The van der Waals surface area contributed by atoms with Crippen molar-refractivity contribution in [3.8, 4) is 5.75 Å². The molecule has 1 unspecified atom stereocenters. The third kappa shape index (κ3) is 5.31. The lowest BCUT2D eigenvalue weighted by molar-refractivity contribution is -0.117. The molecule has 0 spiro atoms. The van der Waals surface area contributed by atoms with Crippen LogP contribution in [0.15, 0.2) is 99.0 Å². The molecule has 3 heterocycles. The highest BCUT2D eigenvalue weighted by molar-refractivity contribution is 8.00. The maximum Gasteiger partial charge on any atom is 0.296 e. The molecule has 0 fully saturated rings. The molecule has 10 heteroatoms. The minimum absolute atomic E-state index is 0.0377. The standard InChI is InChI=1S/C32H27N3O5S2/c1-3-16-39-23-12-7-10-21(17-23)27-26(28(36)25-15-14-19(2)40-25)29(37)30(38)35(27)31-33-34-32(42-31)41-18-22-11-6-9-20-8-4-5-13-24(20)22/h4-15,17,27,37H,3,16,18H2,1-2H3. The molecule has 0 radical (unpaired) electrons. The summed E-state index contributed by atoms with van der Waals surface area (Å²) in [6, 6.07) is 23.8. The van der Waals surface area contributed by atoms with E-state index in [1.54, 1.807) is 31.2 Å². The molecule has 2 aromatic heterocycles. The van der Waals surface area contributed by atoms with Crippen LogP contribution in [0, 0.1) is 6.92 Å². The molecule has 5 aromatic rings. The maximum absolute atomic E-state index is 13.6. The number of hydrogen-bond donors (Lipinski definition) is 1. The number of carbonyl (C=O) groups is 2. The zero-order valence-electron chi connectivity index (χ0n) is 22.9. The maximum atomic E-state index is 13.6. The van der Waals surface area contributed by atoms with Gasteiger partial charge in [-0.15, -0.1) is 10.2 Å². The summed E-state index contributed by atoms with van der Waals surface area (Å²) in [5, 5.41) is 22.3. The second-order valence-corrected chi connectivity index (χ2v) is 12.0. The number of rotatable bonds is 10. The van der Waals surface area contributed by atoms with Crippen molar-refractivity contribution in [1.82, 2.24) is 10.2 Å². The number of Topliss-reactive ketones (excluding diaryl/α,β-unsaturated/α-hetero) is 1. The molecule has 1 aliphatic rings. The van der Waals surface area contributed by atoms with Crippen LogP contribution in [0.4, 0.5) is 5.13 Å². The number of aromatic nitrogens is 2. The number of benzene rings is 3. The lowest BCUT2D eigenvalue weighted by Crippen LogP contribution is -2.31. The summed E-state index contributed by atoms with van der Waals surface area (Å²) in [4.78, 5) is 28.5. The second-order valence-electron chi connectivity index (χ2n) is 9.78. The summed E-state index contributed by atoms with van der Waals surface area (Å²) in [5.74, 6) is -0.102. The number of amides is 1. The van der Waals surface area contributed by atoms with Gasteiger partial charge in [0.1, 0.15) is 11.5 Å². The van der Waals surface area contributed by atoms with E-state index in [9.17, 15) is 14.7 Å². The van der Waals surface area contributed by atoms with Gasteiger partial charge in [-0.05, 0) is 59.5 Å². The Labute approximate surface area is 250 Å². The number of hydrogen-bond acceptors (Lipinski definition) is 9. The Bertz CT molecular complexity index is 1820. The molecular formula is C32H27N3O5S2. The molecule has 1 amide bonds. The van der Waals surface area contributed by atoms with Crippen molar-refractivity contribution >= 4 is 50.7 Å². The molecular weight excluding hydrogens is 571 g/mol. The number of fused-ring (bicyclic) bond motifs is 1. The number of anilines is 1. The summed E-state index contributed by atoms with van der Waals surface area (Å²) >= 11 is 2.75. The van der Waals surface area contributed by atoms with Crippen molar-refractivity contribution in [2.75, 3.05) is 11.5 Å². The van der Waals surface area contributed by atoms with Crippen LogP contribution in [0.1, 0.15) is 46.8 Å². The predicted molar refractivity (Wildman–Crippen MR) is 163 cm³/mol. The van der Waals surface area contributed by atoms with Gasteiger partial charge in [-0.1, -0.05) is 84.6 Å². The van der Waals surface area contributed by atoms with Gasteiger partial charge >= 0.3 is 0 Å². The van der Waals surface area contributed by atoms with Gasteiger partial charge in [-0.2, -0.15) is 0 Å². The summed E-state index contributed by atoms with van der Waals surface area (Å²) in [6.07, 6.45) is 0.824. The predicted octanol–water partition coefficient (Wildman–Crippen LogP) is 7.46. The number of nitrogens with zero attached hydrogens (tertiary/aromatic N) is 3. The normalized spacial score (nSPS) is 15.1. The minimum atomic E-state index is -0.954. The first-order valence-electron chi connectivity index (χ1n) is 13.5. The van der Waals surface area contributed by atoms with Gasteiger partial charge in [0.05, 0.1) is 18.2 Å². The van der Waals surface area contributed by atoms with Gasteiger partial charge in [0.25, 0.3) is 5.91 Å². The molecule has 0 aliphatic carbocycles. The smallest absolute Gasteiger partial charge is 0.296 e. The monoisotopic (exact) mass is 597 g/mol. The van der Waals surface area contributed by atoms with Gasteiger partial charge in [-0.3, -0.25) is 14.5 Å². The highest BCUT2D eigenvalue weighted by Gasteiger charge is 2.46. The molecule has 8 nitrogen and oxygen atoms in total. The first-order chi connectivity index (χ1) is 20.4. The molecule has 3 aromatic carbocycles. The van der Waals surface area contributed by atoms with Crippen LogP contribution in [0.2, 0.25) is 0 Å². The van der Waals surface area contributed by atoms with Crippen LogP contribution >= 0.6 is 23.1 Å². The van der Waals surface area contributed by atoms with Gasteiger partial charge in [0.2, 0.25) is 10.9 Å². The van der Waals surface area contributed by atoms with Crippen LogP contribution in [0.3, 0.4) is 0 Å². The zero-order valence-corrected chi connectivity index (χ0v) is 24.6. The Balaban J connectivity index is 1.34. The number of aryl methyl sites for hydroxylation is 1. The SMILES string of the molecule is CCCOc1cccc(C2C(C(=O)c3ccc(C)o3)=C(O)C(=O)N2c2nnc(SCc3cccc4ccccc34)s2)c1. The fourth-order valence-electron chi connectivity index (χ4n) is 4.95. The molecule has 212 valence electrons. The lowest BCUT2D eigenvalue weighted by atomic mass is 9.95. The Hall–Kier alpha value is -4.41. The average molecular weight is 598 g/mol. The van der Waals surface area contributed by atoms with E-state index >= 15 is 0 Å². The van der Waals surface area contributed by atoms with Gasteiger partial charge in [0.15, 0.2) is 15.9 Å². The van der Waals surface area contributed by atoms with E-state index in [2.05, 4.69) is 34.5 Å². The summed E-state index contributed by atoms with van der Waals surface area (Å²) < 4.78 is 12.1. The molecule has 0 saturated heterocycles. The molecule has 42 heavy (non-hydrogen) atoms. The lowest BCUT2D eigenvalue weighted by Gasteiger charge is -2.24. The second kappa shape index (κ2) is 11.8. The first-order valence-corrected chi connectivity index (χ1v) is 15.3. The fourth-order valence-corrected chi connectivity index (χ4v) is 6.82. The number of thioether (sulfide) groups is 1. The van der Waals surface area contributed by atoms with E-state index in [1.807, 2.05) is 31.2 Å². The van der Waals surface area contributed by atoms with Crippen LogP contribution in [0.25, 0.3) is 10.8 Å². The number of aliphatic hydroxyl groups excluding tert-OH is 1. The van der Waals surface area contributed by atoms with E-state index in [-0.39, 0.29) is 16.5 Å². The minimum Gasteiger partial charge on any atom is -0.503 e. The molecule has 0 saturated carbocycles. The number of ether oxygens (including phenoxy) is 1. The van der Waals surface area contributed by atoms with Crippen molar-refractivity contribution in [2.45, 2.75) is 36.4 Å². The van der Waals surface area contributed by atoms with E-state index < -0.39 is 23.5 Å². The van der Waals surface area contributed by atoms with Crippen LogP contribution in [-0.4, -0.2) is 33.6 Å². The van der Waals surface area contributed by atoms with Crippen molar-refractivity contribution < 1.29 is 23.8 Å². The Morgan fingerprint density at radius 1 is 1.07 bits per heavy atom. The Morgan fingerprint density at radius 3 is 2.69 bits per heavy atom. The quantitative estimate of drug-likeness (QED) is 0.100. The third-order valence-corrected chi connectivity index (χ3v) is 9.00. The largest absolute Gasteiger partial charge is 0.503 e. The van der Waals surface area contributed by atoms with E-state index in [1.165, 1.54) is 39.5 Å². The van der Waals surface area contributed by atoms with Crippen molar-refractivity contribution in [1.29, 1.82) is 0 Å². The molecule has 6 rings (SSSR count). The Kier molecular flexibility index (Phi) is 7.82. The van der Waals surface area contributed by atoms with Crippen LogP contribution < -0.4 is 9.64 Å². The highest BCUT2D eigenvalue weighted by Crippen LogP contribution is 2.44. The first kappa shape index (κ1) is 27.7. The fraction of sp³-hybridized carbons (Fsp3) is 0.188. The highest BCUT2D eigenvalue weighted by atomic mass is 32.2. The van der Waals surface area contributed by atoms with Gasteiger partial charge in [-0.25, -0.2) is 0 Å². The van der Waals surface area contributed by atoms with Crippen LogP contribution in [-0.2, 0) is 10.5 Å². The van der Waals surface area contributed by atoms with Gasteiger partial charge < -0.3 is 14.3 Å². The van der Waals surface area contributed by atoms with Crippen molar-refractivity contribution in [2.24, 2.45) is 0 Å². The summed E-state index contributed by atoms with van der Waals surface area (Å²) in [7, 11) is 0. The summed E-state index contributed by atoms with van der Waals surface area (Å²) in [6.45, 7) is 4.25. The molecule has 0 bridgehead atoms. The van der Waals surface area contributed by atoms with Crippen LogP contribution in [0.5, 0.6) is 5.75 Å². The number of ketones is 1. The molecule has 1 atom stereocenters. The molecule has 1 N–H and O–H groups in total. The summed E-state index contributed by atoms with van der Waals surface area (Å²) in [5.41, 5.74) is 1.67. The number of carbonyl (C=O) groups excluding carboxylic acids is 2. The van der Waals surface area contributed by atoms with E-state index in [0.29, 0.717) is 33.8 Å². The number of furan rings is 1. The van der Waals surface area contributed by atoms with Crippen molar-refractivity contribution in [3.63, 3.8) is 0 Å². The zero-order chi connectivity index (χ0) is 29.2. The van der Waals surface area contributed by atoms with E-state index in [0.717, 1.165) is 17.4 Å². The van der Waals surface area contributed by atoms with Gasteiger partial charge in [0, 0.05) is 5.75 Å². The molecule has 1 aliphatic heterocycles.